The number of carbonyl (C=O) groups excluding carboxylic acids is 2. The predicted octanol–water partition coefficient (Wildman–Crippen LogP) is 5.13. The van der Waals surface area contributed by atoms with Gasteiger partial charge in [0.05, 0.1) is 22.7 Å². The van der Waals surface area contributed by atoms with Crippen LogP contribution >= 0.6 is 15.9 Å². The average molecular weight is 506 g/mol. The molecule has 0 aromatic heterocycles. The molecule has 1 saturated heterocycles. The van der Waals surface area contributed by atoms with E-state index in [2.05, 4.69) is 27.3 Å². The fourth-order valence-electron chi connectivity index (χ4n) is 3.31. The van der Waals surface area contributed by atoms with E-state index in [0.717, 1.165) is 10.5 Å². The van der Waals surface area contributed by atoms with E-state index in [1.165, 1.54) is 12.1 Å². The van der Waals surface area contributed by atoms with Crippen LogP contribution in [-0.2, 0) is 17.9 Å². The van der Waals surface area contributed by atoms with Gasteiger partial charge in [-0.05, 0) is 51.8 Å². The van der Waals surface area contributed by atoms with Gasteiger partial charge < -0.3 is 10.1 Å². The molecular weight excluding hydrogens is 489 g/mol. The fraction of sp³-hybridized carbons (Fsp3) is 0.0800. The molecule has 0 saturated carbocycles. The second kappa shape index (κ2) is 9.67. The summed E-state index contributed by atoms with van der Waals surface area (Å²) >= 11 is 3.45. The van der Waals surface area contributed by atoms with Crippen molar-refractivity contribution in [1.82, 2.24) is 10.2 Å². The first-order chi connectivity index (χ1) is 16.0. The number of imide groups is 1. The summed E-state index contributed by atoms with van der Waals surface area (Å²) in [5.41, 5.74) is 2.32. The van der Waals surface area contributed by atoms with Crippen LogP contribution in [0.25, 0.3) is 6.08 Å². The van der Waals surface area contributed by atoms with Crippen LogP contribution < -0.4 is 10.1 Å². The molecule has 0 spiro atoms. The summed E-state index contributed by atoms with van der Waals surface area (Å²) in [5.74, 6) is -0.451. The Hall–Kier alpha value is -3.96. The van der Waals surface area contributed by atoms with Crippen molar-refractivity contribution in [2.24, 2.45) is 0 Å². The molecule has 3 amide bonds. The van der Waals surface area contributed by atoms with Gasteiger partial charge in [-0.2, -0.15) is 5.26 Å². The first kappa shape index (κ1) is 22.2. The van der Waals surface area contributed by atoms with Gasteiger partial charge in [0.25, 0.3) is 5.91 Å². The molecule has 8 heteroatoms. The van der Waals surface area contributed by atoms with Crippen LogP contribution in [-0.4, -0.2) is 16.8 Å². The number of halogens is 2. The monoisotopic (exact) mass is 505 g/mol. The molecule has 0 aliphatic carbocycles. The number of carbonyl (C=O) groups is 2. The standard InChI is InChI=1S/C25H17BrFN3O3/c26-20-11-16(9-10-23(20)33-15-19-7-2-1-5-17(19)13-28)12-22-24(31)30(25(32)29-22)14-18-6-3-4-8-21(18)27/h1-12H,14-15H2,(H,29,32)/b22-12+. The summed E-state index contributed by atoms with van der Waals surface area (Å²) in [6.45, 7) is 0.0671. The molecule has 0 unspecified atom stereocenters. The van der Waals surface area contributed by atoms with Crippen LogP contribution in [0.5, 0.6) is 5.75 Å². The first-order valence-corrected chi connectivity index (χ1v) is 10.7. The zero-order valence-electron chi connectivity index (χ0n) is 17.2. The highest BCUT2D eigenvalue weighted by Gasteiger charge is 2.34. The minimum Gasteiger partial charge on any atom is -0.488 e. The number of rotatable bonds is 6. The molecule has 1 N–H and O–H groups in total. The Morgan fingerprint density at radius 2 is 1.79 bits per heavy atom. The highest BCUT2D eigenvalue weighted by Crippen LogP contribution is 2.28. The molecule has 4 rings (SSSR count). The van der Waals surface area contributed by atoms with Crippen molar-refractivity contribution in [3.8, 4) is 11.8 Å². The number of hydrogen-bond donors (Lipinski definition) is 1. The molecule has 6 nitrogen and oxygen atoms in total. The SMILES string of the molecule is N#Cc1ccccc1COc1ccc(/C=C2/NC(=O)N(Cc3ccccc3F)C2=O)cc1Br. The maximum absolute atomic E-state index is 13.9. The highest BCUT2D eigenvalue weighted by molar-refractivity contribution is 9.10. The highest BCUT2D eigenvalue weighted by atomic mass is 79.9. The maximum Gasteiger partial charge on any atom is 0.329 e. The summed E-state index contributed by atoms with van der Waals surface area (Å²) in [5, 5.41) is 11.7. The first-order valence-electron chi connectivity index (χ1n) is 9.94. The lowest BCUT2D eigenvalue weighted by molar-refractivity contribution is -0.123. The van der Waals surface area contributed by atoms with Crippen molar-refractivity contribution in [3.63, 3.8) is 0 Å². The Morgan fingerprint density at radius 3 is 2.52 bits per heavy atom. The van der Waals surface area contributed by atoms with Crippen molar-refractivity contribution >= 4 is 33.9 Å². The number of hydrogen-bond acceptors (Lipinski definition) is 4. The van der Waals surface area contributed by atoms with Gasteiger partial charge in [0, 0.05) is 11.1 Å². The molecule has 0 radical (unpaired) electrons. The normalized spacial score (nSPS) is 14.3. The number of benzene rings is 3. The lowest BCUT2D eigenvalue weighted by Gasteiger charge is -2.12. The van der Waals surface area contributed by atoms with Gasteiger partial charge in [0.15, 0.2) is 0 Å². The molecule has 3 aromatic carbocycles. The second-order valence-electron chi connectivity index (χ2n) is 7.22. The van der Waals surface area contributed by atoms with Crippen molar-refractivity contribution in [1.29, 1.82) is 5.26 Å². The molecule has 3 aromatic rings. The Balaban J connectivity index is 1.47. The van der Waals surface area contributed by atoms with Crippen molar-refractivity contribution < 1.29 is 18.7 Å². The van der Waals surface area contributed by atoms with Crippen molar-refractivity contribution in [3.05, 3.63) is 105 Å². The lowest BCUT2D eigenvalue weighted by atomic mass is 10.1. The number of ether oxygens (including phenoxy) is 1. The Morgan fingerprint density at radius 1 is 1.06 bits per heavy atom. The van der Waals surface area contributed by atoms with Gasteiger partial charge in [-0.15, -0.1) is 0 Å². The van der Waals surface area contributed by atoms with E-state index in [9.17, 15) is 19.2 Å². The summed E-state index contributed by atoms with van der Waals surface area (Å²) in [7, 11) is 0. The Labute approximate surface area is 198 Å². The number of nitrogens with zero attached hydrogens (tertiary/aromatic N) is 2. The second-order valence-corrected chi connectivity index (χ2v) is 8.07. The van der Waals surface area contributed by atoms with Crippen molar-refractivity contribution in [2.45, 2.75) is 13.2 Å². The van der Waals surface area contributed by atoms with Crippen LogP contribution in [0.2, 0.25) is 0 Å². The van der Waals surface area contributed by atoms with E-state index in [4.69, 9.17) is 4.74 Å². The molecule has 1 aliphatic heterocycles. The lowest BCUT2D eigenvalue weighted by Crippen LogP contribution is -2.30. The third kappa shape index (κ3) is 4.94. The van der Waals surface area contributed by atoms with E-state index >= 15 is 0 Å². The summed E-state index contributed by atoms with van der Waals surface area (Å²) in [6, 6.07) is 19.9. The minimum absolute atomic E-state index is 0.0971. The summed E-state index contributed by atoms with van der Waals surface area (Å²) in [4.78, 5) is 25.9. The summed E-state index contributed by atoms with van der Waals surface area (Å²) < 4.78 is 20.4. The number of nitriles is 1. The molecule has 1 heterocycles. The number of urea groups is 1. The number of nitrogens with one attached hydrogen (secondary N) is 1. The number of amides is 3. The Bertz CT molecular complexity index is 1320. The zero-order valence-corrected chi connectivity index (χ0v) is 18.8. The van der Waals surface area contributed by atoms with Gasteiger partial charge in [0.2, 0.25) is 0 Å². The third-order valence-corrected chi connectivity index (χ3v) is 5.66. The predicted molar refractivity (Wildman–Crippen MR) is 123 cm³/mol. The van der Waals surface area contributed by atoms with Crippen LogP contribution in [0.4, 0.5) is 9.18 Å². The van der Waals surface area contributed by atoms with Gasteiger partial charge in [0.1, 0.15) is 23.9 Å². The molecule has 1 aliphatic rings. The molecule has 1 fully saturated rings. The topological polar surface area (TPSA) is 82.4 Å². The smallest absolute Gasteiger partial charge is 0.329 e. The third-order valence-electron chi connectivity index (χ3n) is 5.04. The van der Waals surface area contributed by atoms with Gasteiger partial charge in [-0.1, -0.05) is 42.5 Å². The van der Waals surface area contributed by atoms with E-state index < -0.39 is 17.8 Å². The van der Waals surface area contributed by atoms with Gasteiger partial charge >= 0.3 is 6.03 Å². The quantitative estimate of drug-likeness (QED) is 0.371. The molecular formula is C25H17BrFN3O3. The summed E-state index contributed by atoms with van der Waals surface area (Å²) in [6.07, 6.45) is 1.54. The van der Waals surface area contributed by atoms with Crippen LogP contribution in [0.3, 0.4) is 0 Å². The molecule has 164 valence electrons. The van der Waals surface area contributed by atoms with Gasteiger partial charge in [-0.3, -0.25) is 9.69 Å². The zero-order chi connectivity index (χ0) is 23.4. The largest absolute Gasteiger partial charge is 0.488 e. The van der Waals surface area contributed by atoms with Crippen LogP contribution in [0.15, 0.2) is 76.9 Å². The van der Waals surface area contributed by atoms with Crippen LogP contribution in [0, 0.1) is 17.1 Å². The fourth-order valence-corrected chi connectivity index (χ4v) is 3.82. The average Bonchev–Trinajstić information content (AvgIpc) is 3.07. The Kier molecular flexibility index (Phi) is 6.52. The molecule has 33 heavy (non-hydrogen) atoms. The van der Waals surface area contributed by atoms with Crippen LogP contribution in [0.1, 0.15) is 22.3 Å². The minimum atomic E-state index is -0.607. The van der Waals surface area contributed by atoms with Gasteiger partial charge in [-0.25, -0.2) is 9.18 Å². The van der Waals surface area contributed by atoms with E-state index in [1.54, 1.807) is 48.5 Å². The van der Waals surface area contributed by atoms with E-state index in [-0.39, 0.29) is 24.4 Å². The van der Waals surface area contributed by atoms with E-state index in [1.807, 2.05) is 12.1 Å². The molecule has 0 atom stereocenters. The molecule has 0 bridgehead atoms. The maximum atomic E-state index is 13.9. The van der Waals surface area contributed by atoms with E-state index in [0.29, 0.717) is 21.3 Å². The van der Waals surface area contributed by atoms with Crippen molar-refractivity contribution in [2.75, 3.05) is 0 Å².